The van der Waals surface area contributed by atoms with Crippen LogP contribution < -0.4 is 9.64 Å². The van der Waals surface area contributed by atoms with E-state index in [9.17, 15) is 5.11 Å². The average molecular weight is 481 g/mol. The summed E-state index contributed by atoms with van der Waals surface area (Å²) in [7, 11) is 3.17. The molecule has 35 heavy (non-hydrogen) atoms. The zero-order chi connectivity index (χ0) is 25.5. The van der Waals surface area contributed by atoms with Crippen molar-refractivity contribution in [2.45, 2.75) is 33.2 Å². The molecule has 2 aromatic carbocycles. The summed E-state index contributed by atoms with van der Waals surface area (Å²) in [6.07, 6.45) is 0. The van der Waals surface area contributed by atoms with Gasteiger partial charge in [-0.2, -0.15) is 0 Å². The minimum atomic E-state index is 0.0642. The number of piperazine rings is 1. The molecule has 0 spiro atoms. The molecule has 1 aliphatic heterocycles. The Kier molecular flexibility index (Phi) is 9.32. The Morgan fingerprint density at radius 2 is 1.71 bits per heavy atom. The van der Waals surface area contributed by atoms with Gasteiger partial charge in [0, 0.05) is 57.2 Å². The summed E-state index contributed by atoms with van der Waals surface area (Å²) in [6, 6.07) is 11.8. The van der Waals surface area contributed by atoms with Crippen LogP contribution in [0.1, 0.15) is 43.4 Å². The number of nitrogens with one attached hydrogen (secondary N) is 1. The first-order valence-electron chi connectivity index (χ1n) is 12.3. The number of benzene rings is 2. The van der Waals surface area contributed by atoms with Crippen LogP contribution in [0.3, 0.4) is 0 Å². The lowest BCUT2D eigenvalue weighted by Crippen LogP contribution is -2.45. The third kappa shape index (κ3) is 6.42. The van der Waals surface area contributed by atoms with E-state index in [1.165, 1.54) is 5.56 Å². The molecule has 0 saturated carbocycles. The SMILES string of the molecule is C=C(c1cc(C(C)C)c(OC)cc1O)N(C(=N)COC)c1ccc(CN2CCN(CC)CC2)cc1. The van der Waals surface area contributed by atoms with E-state index in [-0.39, 0.29) is 24.1 Å². The number of nitrogens with zero attached hydrogens (tertiary/aromatic N) is 3. The molecule has 0 aliphatic carbocycles. The summed E-state index contributed by atoms with van der Waals surface area (Å²) in [5.41, 5.74) is 4.08. The molecule has 190 valence electrons. The fourth-order valence-electron chi connectivity index (χ4n) is 4.51. The van der Waals surface area contributed by atoms with Crippen LogP contribution in [0.4, 0.5) is 5.69 Å². The van der Waals surface area contributed by atoms with Gasteiger partial charge in [-0.3, -0.25) is 15.2 Å². The van der Waals surface area contributed by atoms with Crippen LogP contribution in [0, 0.1) is 5.41 Å². The second kappa shape index (κ2) is 12.2. The van der Waals surface area contributed by atoms with E-state index in [0.29, 0.717) is 17.0 Å². The van der Waals surface area contributed by atoms with Gasteiger partial charge in [-0.25, -0.2) is 0 Å². The maximum Gasteiger partial charge on any atom is 0.131 e. The van der Waals surface area contributed by atoms with Crippen molar-refractivity contribution in [3.63, 3.8) is 0 Å². The van der Waals surface area contributed by atoms with Crippen LogP contribution in [-0.2, 0) is 11.3 Å². The largest absolute Gasteiger partial charge is 0.507 e. The lowest BCUT2D eigenvalue weighted by Gasteiger charge is -2.34. The molecule has 0 amide bonds. The second-order valence-corrected chi connectivity index (χ2v) is 9.30. The smallest absolute Gasteiger partial charge is 0.131 e. The van der Waals surface area contributed by atoms with Crippen LogP contribution in [0.15, 0.2) is 43.0 Å². The first kappa shape index (κ1) is 26.7. The van der Waals surface area contributed by atoms with Gasteiger partial charge in [-0.1, -0.05) is 39.5 Å². The Hall–Kier alpha value is -2.87. The number of phenols is 1. The monoisotopic (exact) mass is 480 g/mol. The number of ether oxygens (including phenoxy) is 2. The number of hydrogen-bond donors (Lipinski definition) is 2. The number of methoxy groups -OCH3 is 2. The van der Waals surface area contributed by atoms with Crippen LogP contribution in [0.25, 0.3) is 5.70 Å². The van der Waals surface area contributed by atoms with Crippen molar-refractivity contribution in [1.82, 2.24) is 9.80 Å². The summed E-state index contributed by atoms with van der Waals surface area (Å²) in [6.45, 7) is 17.1. The first-order valence-corrected chi connectivity index (χ1v) is 12.3. The highest BCUT2D eigenvalue weighted by molar-refractivity contribution is 6.08. The highest BCUT2D eigenvalue weighted by atomic mass is 16.5. The van der Waals surface area contributed by atoms with Gasteiger partial charge in [0.2, 0.25) is 0 Å². The summed E-state index contributed by atoms with van der Waals surface area (Å²) in [5.74, 6) is 1.13. The maximum absolute atomic E-state index is 10.8. The van der Waals surface area contributed by atoms with Crippen molar-refractivity contribution in [2.75, 3.05) is 58.5 Å². The van der Waals surface area contributed by atoms with Gasteiger partial charge >= 0.3 is 0 Å². The van der Waals surface area contributed by atoms with E-state index in [4.69, 9.17) is 14.9 Å². The molecule has 2 aromatic rings. The van der Waals surface area contributed by atoms with Crippen molar-refractivity contribution < 1.29 is 14.6 Å². The molecule has 7 nitrogen and oxygen atoms in total. The highest BCUT2D eigenvalue weighted by Crippen LogP contribution is 2.38. The molecule has 0 unspecified atom stereocenters. The van der Waals surface area contributed by atoms with Gasteiger partial charge in [0.15, 0.2) is 0 Å². The zero-order valence-corrected chi connectivity index (χ0v) is 21.8. The summed E-state index contributed by atoms with van der Waals surface area (Å²) in [4.78, 5) is 6.69. The Balaban J connectivity index is 1.86. The average Bonchev–Trinajstić information content (AvgIpc) is 2.85. The number of rotatable bonds is 10. The zero-order valence-electron chi connectivity index (χ0n) is 21.8. The molecule has 1 saturated heterocycles. The van der Waals surface area contributed by atoms with E-state index in [1.54, 1.807) is 25.2 Å². The topological polar surface area (TPSA) is 72.3 Å². The minimum absolute atomic E-state index is 0.0642. The van der Waals surface area contributed by atoms with E-state index < -0.39 is 0 Å². The summed E-state index contributed by atoms with van der Waals surface area (Å²) < 4.78 is 10.7. The standard InChI is InChI=1S/C28H40N4O3/c1-7-30-12-14-31(15-13-30)18-22-8-10-23(11-9-22)32(28(29)19-34-5)21(4)25-16-24(20(2)3)27(35-6)17-26(25)33/h8-11,16-17,20,29,33H,4,7,12-15,18-19H2,1-3,5-6H3. The summed E-state index contributed by atoms with van der Waals surface area (Å²) in [5, 5.41) is 19.5. The van der Waals surface area contributed by atoms with Crippen molar-refractivity contribution >= 4 is 17.2 Å². The highest BCUT2D eigenvalue weighted by Gasteiger charge is 2.22. The molecule has 3 rings (SSSR count). The third-order valence-corrected chi connectivity index (χ3v) is 6.61. The lowest BCUT2D eigenvalue weighted by molar-refractivity contribution is 0.132. The molecular formula is C28H40N4O3. The van der Waals surface area contributed by atoms with E-state index in [0.717, 1.165) is 50.5 Å². The Morgan fingerprint density at radius 1 is 1.09 bits per heavy atom. The third-order valence-electron chi connectivity index (χ3n) is 6.61. The molecule has 0 bridgehead atoms. The fourth-order valence-corrected chi connectivity index (χ4v) is 4.51. The molecule has 1 fully saturated rings. The predicted molar refractivity (Wildman–Crippen MR) is 144 cm³/mol. The van der Waals surface area contributed by atoms with Crippen molar-refractivity contribution in [1.29, 1.82) is 5.41 Å². The molecule has 0 aromatic heterocycles. The van der Waals surface area contributed by atoms with Crippen LogP contribution in [-0.4, -0.2) is 74.3 Å². The molecule has 7 heteroatoms. The van der Waals surface area contributed by atoms with Crippen molar-refractivity contribution in [3.8, 4) is 11.5 Å². The van der Waals surface area contributed by atoms with Crippen molar-refractivity contribution in [2.24, 2.45) is 0 Å². The van der Waals surface area contributed by atoms with Gasteiger partial charge in [0.25, 0.3) is 0 Å². The molecule has 1 heterocycles. The molecule has 1 aliphatic rings. The number of phenolic OH excluding ortho intramolecular Hbond substituents is 1. The predicted octanol–water partition coefficient (Wildman–Crippen LogP) is 4.76. The molecule has 0 radical (unpaired) electrons. The minimum Gasteiger partial charge on any atom is -0.507 e. The van der Waals surface area contributed by atoms with E-state index in [1.807, 2.05) is 18.2 Å². The van der Waals surface area contributed by atoms with E-state index >= 15 is 0 Å². The Labute approximate surface area is 210 Å². The van der Waals surface area contributed by atoms with Crippen LogP contribution in [0.2, 0.25) is 0 Å². The van der Waals surface area contributed by atoms with Crippen molar-refractivity contribution in [3.05, 3.63) is 59.7 Å². The molecule has 2 N–H and O–H groups in total. The Morgan fingerprint density at radius 3 is 2.26 bits per heavy atom. The first-order chi connectivity index (χ1) is 16.8. The van der Waals surface area contributed by atoms with Gasteiger partial charge in [0.05, 0.1) is 12.8 Å². The van der Waals surface area contributed by atoms with Gasteiger partial charge in [0.1, 0.15) is 23.9 Å². The quantitative estimate of drug-likeness (QED) is 0.377. The van der Waals surface area contributed by atoms with Gasteiger partial charge in [-0.15, -0.1) is 0 Å². The normalized spacial score (nSPS) is 14.8. The van der Waals surface area contributed by atoms with Gasteiger partial charge < -0.3 is 19.5 Å². The van der Waals surface area contributed by atoms with Gasteiger partial charge in [-0.05, 0) is 41.8 Å². The van der Waals surface area contributed by atoms with Crippen LogP contribution in [0.5, 0.6) is 11.5 Å². The number of aromatic hydroxyl groups is 1. The van der Waals surface area contributed by atoms with E-state index in [2.05, 4.69) is 49.3 Å². The lowest BCUT2D eigenvalue weighted by atomic mass is 9.97. The maximum atomic E-state index is 10.8. The fraction of sp³-hybridized carbons (Fsp3) is 0.464. The molecule has 0 atom stereocenters. The number of anilines is 1. The number of hydrogen-bond acceptors (Lipinski definition) is 6. The number of likely N-dealkylation sites (N-methyl/N-ethyl adjacent to an activating group) is 1. The summed E-state index contributed by atoms with van der Waals surface area (Å²) >= 11 is 0. The Bertz CT molecular complexity index is 1010. The second-order valence-electron chi connectivity index (χ2n) is 9.30. The number of amidine groups is 1. The van der Waals surface area contributed by atoms with Crippen LogP contribution >= 0.6 is 0 Å². The molecular weight excluding hydrogens is 440 g/mol.